The Bertz CT molecular complexity index is 1200. The Morgan fingerprint density at radius 2 is 1.82 bits per heavy atom. The summed E-state index contributed by atoms with van der Waals surface area (Å²) < 4.78 is 18.8. The molecule has 1 aliphatic heterocycles. The van der Waals surface area contributed by atoms with Gasteiger partial charge < -0.3 is 30.2 Å². The van der Waals surface area contributed by atoms with Crippen LogP contribution in [0, 0.1) is 0 Å². The summed E-state index contributed by atoms with van der Waals surface area (Å²) >= 11 is 0. The number of pyridine rings is 1. The molecule has 1 aliphatic rings. The van der Waals surface area contributed by atoms with Crippen molar-refractivity contribution in [1.29, 1.82) is 0 Å². The molecule has 1 fully saturated rings. The van der Waals surface area contributed by atoms with E-state index in [9.17, 15) is 9.59 Å². The van der Waals surface area contributed by atoms with Gasteiger partial charge in [0.2, 0.25) is 5.91 Å². The zero-order valence-electron chi connectivity index (χ0n) is 21.4. The Labute approximate surface area is 223 Å². The lowest BCUT2D eigenvalue weighted by atomic mass is 10.1. The second-order valence-electron chi connectivity index (χ2n) is 9.56. The number of ether oxygens (including phenoxy) is 3. The Morgan fingerprint density at radius 3 is 2.50 bits per heavy atom. The quantitative estimate of drug-likeness (QED) is 0.435. The molecule has 0 radical (unpaired) electrons. The van der Waals surface area contributed by atoms with Crippen molar-refractivity contribution in [2.75, 3.05) is 32.9 Å². The highest BCUT2D eigenvalue weighted by Crippen LogP contribution is 2.22. The molecule has 0 bridgehead atoms. The number of carbonyl (C=O) groups is 2. The van der Waals surface area contributed by atoms with Crippen molar-refractivity contribution in [3.05, 3.63) is 65.6 Å². The molecule has 0 saturated carbocycles. The molecule has 11 heteroatoms. The average Bonchev–Trinajstić information content (AvgIpc) is 3.34. The number of aromatic nitrogens is 3. The van der Waals surface area contributed by atoms with E-state index in [1.807, 2.05) is 49.4 Å². The summed E-state index contributed by atoms with van der Waals surface area (Å²) in [4.78, 5) is 27.0. The van der Waals surface area contributed by atoms with E-state index in [0.29, 0.717) is 43.5 Å². The van der Waals surface area contributed by atoms with E-state index in [-0.39, 0.29) is 32.7 Å². The van der Waals surface area contributed by atoms with Crippen LogP contribution >= 0.6 is 0 Å². The molecule has 1 aromatic carbocycles. The number of morpholine rings is 1. The Morgan fingerprint density at radius 1 is 1.11 bits per heavy atom. The molecular weight excluding hydrogens is 488 g/mol. The maximum absolute atomic E-state index is 12.9. The molecule has 1 unspecified atom stereocenters. The van der Waals surface area contributed by atoms with Gasteiger partial charge in [0.1, 0.15) is 12.6 Å². The first-order valence-electron chi connectivity index (χ1n) is 12.3. The average molecular weight is 527 g/mol. The summed E-state index contributed by atoms with van der Waals surface area (Å²) in [5.41, 5.74) is 7.16. The summed E-state index contributed by atoms with van der Waals surface area (Å²) in [6.45, 7) is 7.28. The number of nitrogens with two attached hydrogens (primary N) is 1. The molecule has 0 aliphatic carbocycles. The largest absolute Gasteiger partial charge is 0.443 e. The Hall–Kier alpha value is -3.54. The van der Waals surface area contributed by atoms with Gasteiger partial charge in [-0.15, -0.1) is 10.2 Å². The van der Waals surface area contributed by atoms with Crippen LogP contribution in [0.5, 0.6) is 0 Å². The first kappa shape index (κ1) is 29.0. The Balaban J connectivity index is 0.00000400. The monoisotopic (exact) mass is 526 g/mol. The van der Waals surface area contributed by atoms with Gasteiger partial charge in [0, 0.05) is 13.1 Å². The maximum atomic E-state index is 12.9. The van der Waals surface area contributed by atoms with E-state index >= 15 is 0 Å². The number of rotatable bonds is 9. The number of nitrogens with zero attached hydrogens (tertiary/aromatic N) is 4. The lowest BCUT2D eigenvalue weighted by Gasteiger charge is -2.26. The van der Waals surface area contributed by atoms with Crippen molar-refractivity contribution in [3.8, 4) is 0 Å². The number of fused-ring (bicyclic) bond motifs is 1. The van der Waals surface area contributed by atoms with Crippen LogP contribution in [-0.4, -0.2) is 69.9 Å². The van der Waals surface area contributed by atoms with E-state index in [4.69, 9.17) is 19.9 Å². The van der Waals surface area contributed by atoms with Crippen molar-refractivity contribution >= 4 is 17.6 Å². The normalized spacial score (nSPS) is 15.4. The predicted octanol–water partition coefficient (Wildman–Crippen LogP) is 3.01. The highest BCUT2D eigenvalue weighted by molar-refractivity contribution is 5.85. The van der Waals surface area contributed by atoms with Gasteiger partial charge in [0.05, 0.1) is 37.2 Å². The van der Waals surface area contributed by atoms with Crippen molar-refractivity contribution in [1.82, 2.24) is 24.8 Å². The van der Waals surface area contributed by atoms with Crippen LogP contribution in [0.1, 0.15) is 57.4 Å². The molecule has 11 nitrogen and oxygen atoms in total. The van der Waals surface area contributed by atoms with Crippen LogP contribution in [0.2, 0.25) is 0 Å². The second kappa shape index (κ2) is 12.8. The molecule has 3 N–H and O–H groups in total. The van der Waals surface area contributed by atoms with Crippen LogP contribution in [0.3, 0.4) is 0 Å². The lowest BCUT2D eigenvalue weighted by Crippen LogP contribution is -2.51. The number of amides is 2. The fraction of sp³-hybridized carbons (Fsp3) is 0.481. The van der Waals surface area contributed by atoms with Crippen LogP contribution in [0.4, 0.5) is 4.79 Å². The molecule has 206 valence electrons. The van der Waals surface area contributed by atoms with Gasteiger partial charge in [0.25, 0.3) is 0 Å². The summed E-state index contributed by atoms with van der Waals surface area (Å²) in [6.07, 6.45) is -0.635. The first-order valence-corrected chi connectivity index (χ1v) is 12.3. The Kier molecular flexibility index (Phi) is 9.78. The van der Waals surface area contributed by atoms with E-state index in [1.165, 1.54) is 0 Å². The van der Waals surface area contributed by atoms with Gasteiger partial charge in [0.15, 0.2) is 11.5 Å². The third-order valence-electron chi connectivity index (χ3n) is 6.13. The number of carbonyl (C=O) groups excluding carboxylic acids is 2. The van der Waals surface area contributed by atoms with Crippen LogP contribution < -0.4 is 11.1 Å². The molecule has 3 aromatic rings. The molecule has 4 rings (SSSR count). The smallest absolute Gasteiger partial charge is 0.410 e. The molecular formula is C27H38N6O5. The summed E-state index contributed by atoms with van der Waals surface area (Å²) in [7, 11) is 0. The van der Waals surface area contributed by atoms with E-state index in [2.05, 4.69) is 15.5 Å². The maximum Gasteiger partial charge on any atom is 0.410 e. The number of hydrogen-bond acceptors (Lipinski definition) is 8. The molecule has 1 saturated heterocycles. The topological polar surface area (TPSA) is 133 Å². The fourth-order valence-corrected chi connectivity index (χ4v) is 3.93. The molecule has 0 spiro atoms. The van der Waals surface area contributed by atoms with Crippen molar-refractivity contribution in [2.45, 2.75) is 52.5 Å². The highest BCUT2D eigenvalue weighted by atomic mass is 16.6. The van der Waals surface area contributed by atoms with Crippen molar-refractivity contribution < 1.29 is 23.8 Å². The summed E-state index contributed by atoms with van der Waals surface area (Å²) in [5.74, 6) is 0.0901. The number of nitrogens with one attached hydrogen (secondary N) is 1. The third-order valence-corrected chi connectivity index (χ3v) is 6.13. The predicted molar refractivity (Wildman–Crippen MR) is 142 cm³/mol. The molecule has 38 heavy (non-hydrogen) atoms. The highest BCUT2D eigenvalue weighted by Gasteiger charge is 2.29. The van der Waals surface area contributed by atoms with Gasteiger partial charge in [-0.25, -0.2) is 4.79 Å². The van der Waals surface area contributed by atoms with Gasteiger partial charge in [-0.2, -0.15) is 0 Å². The lowest BCUT2D eigenvalue weighted by molar-refractivity contribution is -0.126. The van der Waals surface area contributed by atoms with E-state index < -0.39 is 17.7 Å². The van der Waals surface area contributed by atoms with Gasteiger partial charge in [-0.3, -0.25) is 9.20 Å². The van der Waals surface area contributed by atoms with Crippen LogP contribution in [-0.2, 0) is 25.6 Å². The molecule has 2 atom stereocenters. The fourth-order valence-electron chi connectivity index (χ4n) is 3.93. The molecule has 2 aromatic heterocycles. The minimum Gasteiger partial charge on any atom is -0.443 e. The van der Waals surface area contributed by atoms with Crippen LogP contribution in [0.15, 0.2) is 48.5 Å². The zero-order valence-corrected chi connectivity index (χ0v) is 21.4. The molecule has 2 amide bonds. The zero-order chi connectivity index (χ0) is 26.4. The number of hydrogen-bond donors (Lipinski definition) is 2. The van der Waals surface area contributed by atoms with Gasteiger partial charge in [-0.1, -0.05) is 43.8 Å². The standard InChI is InChI=1S/C26H34N6O5.CH4/c1-18(19-8-5-4-6-9-19)36-17-21(28-24(33)26(2,3)27)23-30-29-22-11-7-10-20(32(22)23)16-37-25(34)31-12-14-35-15-13-31;/h4-11,18,21H,12-17,27H2,1-3H3,(H,28,33);1H4/t18-,21?;/m0./s1. The second-order valence-corrected chi connectivity index (χ2v) is 9.56. The molecule has 3 heterocycles. The van der Waals surface area contributed by atoms with Crippen molar-refractivity contribution in [2.24, 2.45) is 5.73 Å². The summed E-state index contributed by atoms with van der Waals surface area (Å²) in [5, 5.41) is 11.6. The van der Waals surface area contributed by atoms with E-state index in [0.717, 1.165) is 5.56 Å². The van der Waals surface area contributed by atoms with Gasteiger partial charge >= 0.3 is 6.09 Å². The SMILES string of the molecule is C.C[C@H](OCC(NC(=O)C(C)(C)N)c1nnc2cccc(COC(=O)N3CCOCC3)n12)c1ccccc1. The van der Waals surface area contributed by atoms with Crippen molar-refractivity contribution in [3.63, 3.8) is 0 Å². The number of benzene rings is 1. The van der Waals surface area contributed by atoms with Gasteiger partial charge in [-0.05, 0) is 38.5 Å². The minimum absolute atomic E-state index is 0. The van der Waals surface area contributed by atoms with Crippen LogP contribution in [0.25, 0.3) is 5.65 Å². The first-order chi connectivity index (χ1) is 17.7. The summed E-state index contributed by atoms with van der Waals surface area (Å²) in [6, 6.07) is 14.6. The van der Waals surface area contributed by atoms with E-state index in [1.54, 1.807) is 29.2 Å². The minimum atomic E-state index is -1.11. The third kappa shape index (κ3) is 7.06.